The maximum absolute atomic E-state index is 13.9. The number of nitrogens with two attached hydrogens (primary N) is 1. The van der Waals surface area contributed by atoms with Crippen LogP contribution in [0.2, 0.25) is 15.1 Å². The Kier molecular flexibility index (Phi) is 47.3. The van der Waals surface area contributed by atoms with E-state index in [1.54, 1.807) is 33.1 Å². The summed E-state index contributed by atoms with van der Waals surface area (Å²) in [5.74, 6) is 0. The fourth-order valence-electron chi connectivity index (χ4n) is 18.5. The van der Waals surface area contributed by atoms with E-state index < -0.39 is 128 Å². The van der Waals surface area contributed by atoms with E-state index in [2.05, 4.69) is 263 Å². The number of cyclic esters (lactones) is 3. The topological polar surface area (TPSA) is 347 Å². The normalized spacial score (nSPS) is 20.2. The third kappa shape index (κ3) is 28.8. The minimum absolute atomic E-state index is 0. The van der Waals surface area contributed by atoms with Gasteiger partial charge in [0, 0.05) is 72.3 Å². The molecule has 3 fully saturated rings. The van der Waals surface area contributed by atoms with E-state index in [1.807, 2.05) is 130 Å². The van der Waals surface area contributed by atoms with Crippen LogP contribution in [0.3, 0.4) is 0 Å². The summed E-state index contributed by atoms with van der Waals surface area (Å²) in [6, 6.07) is 60.2. The number of carbonyl (C=O) groups excluding carboxylic acids is 3. The Balaban J connectivity index is 0.000000412. The molecule has 728 valence electrons. The van der Waals surface area contributed by atoms with E-state index in [9.17, 15) is 22.8 Å². The van der Waals surface area contributed by atoms with Crippen LogP contribution in [0, 0.1) is 6.92 Å². The molecule has 9 rings (SSSR count). The zero-order valence-corrected chi connectivity index (χ0v) is 91.0. The second-order valence-corrected chi connectivity index (χ2v) is 56.0. The number of hydrogen-bond donors (Lipinski definition) is 2. The number of azide groups is 3. The van der Waals surface area contributed by atoms with Gasteiger partial charge >= 0.3 is 41.3 Å². The molecule has 0 aromatic heterocycles. The van der Waals surface area contributed by atoms with Gasteiger partial charge in [0.15, 0.2) is 16.8 Å². The maximum Gasteiger partial charge on any atom is 2.00 e. The summed E-state index contributed by atoms with van der Waals surface area (Å²) in [6.07, 6.45) is 10.6. The number of halogens is 1. The van der Waals surface area contributed by atoms with Gasteiger partial charge in [0.05, 0.1) is 50.9 Å². The van der Waals surface area contributed by atoms with E-state index in [0.717, 1.165) is 20.7 Å². The summed E-state index contributed by atoms with van der Waals surface area (Å²) >= 11 is 0. The number of carbonyl (C=O) groups is 3. The number of allylic oxidation sites excluding steroid dienone is 1. The first-order chi connectivity index (χ1) is 62.4. The van der Waals surface area contributed by atoms with Crippen molar-refractivity contribution in [1.29, 1.82) is 0 Å². The second-order valence-electron chi connectivity index (χ2n) is 39.3. The van der Waals surface area contributed by atoms with Gasteiger partial charge in [0.2, 0.25) is 0 Å². The number of benzene rings is 6. The van der Waals surface area contributed by atoms with Gasteiger partial charge in [-0.1, -0.05) is 293 Å². The molecule has 134 heavy (non-hydrogen) atoms. The Bertz CT molecular complexity index is 4770. The molecule has 3 N–H and O–H groups in total. The zero-order valence-electron chi connectivity index (χ0n) is 83.4. The van der Waals surface area contributed by atoms with E-state index in [-0.39, 0.29) is 67.3 Å². The van der Waals surface area contributed by atoms with Crippen LogP contribution >= 0.6 is 0 Å². The molecule has 3 heterocycles. The van der Waals surface area contributed by atoms with Crippen LogP contribution in [0.15, 0.2) is 240 Å². The van der Waals surface area contributed by atoms with Crippen molar-refractivity contribution in [3.63, 3.8) is 0 Å². The van der Waals surface area contributed by atoms with Crippen molar-refractivity contribution in [2.75, 3.05) is 39.3 Å². The van der Waals surface area contributed by atoms with E-state index in [1.165, 1.54) is 16.4 Å². The van der Waals surface area contributed by atoms with Gasteiger partial charge in [0.1, 0.15) is 17.0 Å². The molecule has 0 bridgehead atoms. The van der Waals surface area contributed by atoms with Crippen molar-refractivity contribution in [2.45, 2.75) is 306 Å². The van der Waals surface area contributed by atoms with Crippen molar-refractivity contribution in [1.82, 2.24) is 19.4 Å². The van der Waals surface area contributed by atoms with Gasteiger partial charge in [-0.15, -0.1) is 13.2 Å². The second kappa shape index (κ2) is 53.7. The summed E-state index contributed by atoms with van der Waals surface area (Å²) < 4.78 is 75.0. The molecule has 3 aliphatic heterocycles. The van der Waals surface area contributed by atoms with Gasteiger partial charge in [-0.05, 0) is 196 Å². The maximum atomic E-state index is 13.9. The van der Waals surface area contributed by atoms with Gasteiger partial charge < -0.3 is 50.2 Å². The largest absolute Gasteiger partial charge is 2.00 e. The SMILES string of the molecule is C=CC[C@@H](N)[C@H]1N(CCCCN=[N+]=[N-])C(=O)O[C@]1(C)[C@@H](CC)O[Si](c1ccccc1)(c1ccccc1)C(C)(C)C.C=CC[C@@H](N[S@@](=O)C(C)(C)C)[C@H]1N(CCCCN=[N+]=[N-])C(=O)O[C@]1(C)[C@@H](CC)O[Si](c1ccccc1)(c1ccccc1)C(C)(C)C.C=C[CH2-].CC[C@@H](O[Si](c1ccccc1)(c1ccccc1)C(C)(C)C)[C@@]1(C)OC(=O)N(CCCCN=[N+]=[N-])[C@@H]1C=N[S@@](=O)C(C)(C)C.[Br-].[Mg+2]. The number of nitrogens with one attached hydrogen (secondary N) is 1. The first-order valence-corrected chi connectivity index (χ1v) is 54.2. The number of ether oxygens (including phenoxy) is 3. The number of hydrogen-bond acceptors (Lipinski definition) is 15. The first kappa shape index (κ1) is 118. The molecular formula is C101H150BrMgN15O11S2Si3. The van der Waals surface area contributed by atoms with Crippen LogP contribution in [0.4, 0.5) is 14.4 Å². The number of unbranched alkanes of at least 4 members (excludes halogenated alkanes) is 3. The van der Waals surface area contributed by atoms with Crippen molar-refractivity contribution in [3.05, 3.63) is 258 Å². The van der Waals surface area contributed by atoms with E-state index >= 15 is 0 Å². The third-order valence-corrected chi connectivity index (χ3v) is 42.9. The van der Waals surface area contributed by atoms with Crippen LogP contribution < -0.4 is 58.6 Å². The molecule has 13 atom stereocenters. The molecule has 6 aromatic carbocycles. The minimum atomic E-state index is -3.03. The molecule has 0 aliphatic carbocycles. The third-order valence-electron chi connectivity index (χ3n) is 24.8. The fourth-order valence-corrected chi connectivity index (χ4v) is 34.5. The average Bonchev–Trinajstić information content (AvgIpc) is 1.30. The predicted octanol–water partition coefficient (Wildman–Crippen LogP) is 17.1. The average molecular weight is 2000 g/mol. The van der Waals surface area contributed by atoms with E-state index in [4.69, 9.17) is 49.8 Å². The summed E-state index contributed by atoms with van der Waals surface area (Å²) in [5, 5.41) is 17.0. The van der Waals surface area contributed by atoms with E-state index in [0.29, 0.717) is 110 Å². The molecule has 6 aromatic rings. The summed E-state index contributed by atoms with van der Waals surface area (Å²) in [6.45, 7) is 60.2. The number of amides is 3. The van der Waals surface area contributed by atoms with Crippen LogP contribution in [0.1, 0.15) is 216 Å². The molecule has 0 spiro atoms. The van der Waals surface area contributed by atoms with Gasteiger partial charge in [-0.3, -0.25) is 14.7 Å². The Morgan fingerprint density at radius 3 is 1.01 bits per heavy atom. The smallest absolute Gasteiger partial charge is 1.00 e. The van der Waals surface area contributed by atoms with Crippen molar-refractivity contribution in [3.8, 4) is 0 Å². The van der Waals surface area contributed by atoms with Crippen molar-refractivity contribution < 1.29 is 67.3 Å². The summed E-state index contributed by atoms with van der Waals surface area (Å²) in [7, 11) is -11.9. The molecule has 0 saturated carbocycles. The van der Waals surface area contributed by atoms with Crippen LogP contribution in [0.5, 0.6) is 0 Å². The summed E-state index contributed by atoms with van der Waals surface area (Å²) in [5.41, 5.74) is 29.5. The number of nitrogens with zero attached hydrogens (tertiary/aromatic N) is 13. The molecule has 26 nitrogen and oxygen atoms in total. The predicted molar refractivity (Wildman–Crippen MR) is 554 cm³/mol. The van der Waals surface area contributed by atoms with Crippen molar-refractivity contribution in [2.24, 2.45) is 25.5 Å². The Morgan fingerprint density at radius 2 is 0.739 bits per heavy atom. The Morgan fingerprint density at radius 1 is 0.470 bits per heavy atom. The molecule has 33 heteroatoms. The Labute approximate surface area is 834 Å². The van der Waals surface area contributed by atoms with Crippen LogP contribution in [-0.4, -0.2) is 210 Å². The fraction of sp³-hybridized carbons (Fsp3) is 0.535. The molecule has 0 unspecified atom stereocenters. The molecule has 0 radical (unpaired) electrons. The van der Waals surface area contributed by atoms with Crippen LogP contribution in [-0.2, 0) is 49.5 Å². The monoisotopic (exact) mass is 2000 g/mol. The van der Waals surface area contributed by atoms with Gasteiger partial charge in [-0.25, -0.2) is 47.1 Å². The number of rotatable bonds is 43. The molecule has 3 saturated heterocycles. The Hall–Kier alpha value is -8.18. The molecule has 3 aliphatic rings. The quantitative estimate of drug-likeness (QED) is 0.00415. The molecular weight excluding hydrogens is 1850 g/mol. The van der Waals surface area contributed by atoms with Crippen molar-refractivity contribution >= 4 is 126 Å². The van der Waals surface area contributed by atoms with Crippen LogP contribution in [0.25, 0.3) is 31.3 Å². The van der Waals surface area contributed by atoms with Gasteiger partial charge in [-0.2, -0.15) is 4.40 Å². The standard InChI is InChI=1S/C35H53N5O4SSi.C32H47N5O4SSi.C31H45N5O3Si.C3H5.BrH.Mg/c1-10-20-29(38-45(42)33(3,4)5)31-35(9,43-32(41)40(31)26-19-18-25-37-39-36)30(11-2)44-46(34(6,7)8,27-21-14-12-15-22-27)28-23-16-13-17-24-28;1-9-28(41-43(31(5,6)7,25-18-12-10-13-19-25)26-20-14-11-15-21-26)32(8)27(24-35-42(39)30(2,3)4)37(29(38)40-32)23-17-16-22-34-36-33;1-7-17-26(32)28-31(6,38-29(37)36(28)23-16-15-22-34-35-33)27(8-2)39-40(30(3,4)5,24-18-11-9-12-19-24)25-20-13-10-14-21-25;1-3-2;;/h10,12-17,21-24,29-31,38H,1,11,18-20,25-26H2,2-9H3;10-15,18-21,24,27-28H,9,16-17,22-23H2,1-8H3;7,9-14,18-21,26-28H,1,8,15-17,22-23,32H2,2-6H3;3H,1-2H2;1H;/q;;;-1;;+2/p-1/t29-,30-,31-,35-,45+;27-,28-,32+,42+;26-,27-,28-,31-;;;/m111.../s1. The molecule has 3 amide bonds. The first-order valence-electron chi connectivity index (χ1n) is 46.3. The zero-order chi connectivity index (χ0) is 98.2. The van der Waals surface area contributed by atoms with Gasteiger partial charge in [0.25, 0.3) is 25.0 Å². The summed E-state index contributed by atoms with van der Waals surface area (Å²) in [4.78, 5) is 54.5. The minimum Gasteiger partial charge on any atom is -1.00 e.